The third-order valence-corrected chi connectivity index (χ3v) is 6.04. The van der Waals surface area contributed by atoms with E-state index in [1.165, 1.54) is 6.07 Å². The molecular weight excluding hydrogens is 296 g/mol. The van der Waals surface area contributed by atoms with Gasteiger partial charge in [-0.1, -0.05) is 31.5 Å². The highest BCUT2D eigenvalue weighted by molar-refractivity contribution is 7.89. The Labute approximate surface area is 125 Å². The number of hydrogen-bond acceptors (Lipinski definition) is 3. The smallest absolute Gasteiger partial charge is 0.240 e. The van der Waals surface area contributed by atoms with Crippen LogP contribution in [0.4, 0.5) is 0 Å². The van der Waals surface area contributed by atoms with Crippen molar-refractivity contribution in [3.05, 3.63) is 28.8 Å². The predicted molar refractivity (Wildman–Crippen MR) is 81.0 cm³/mol. The fraction of sp³-hybridized carbons (Fsp3) is 0.571. The molecule has 112 valence electrons. The van der Waals surface area contributed by atoms with Crippen molar-refractivity contribution in [3.63, 3.8) is 0 Å². The summed E-state index contributed by atoms with van der Waals surface area (Å²) < 4.78 is 27.3. The van der Waals surface area contributed by atoms with Gasteiger partial charge < -0.3 is 5.73 Å². The zero-order valence-electron chi connectivity index (χ0n) is 11.8. The minimum Gasteiger partial charge on any atom is -0.326 e. The fourth-order valence-corrected chi connectivity index (χ4v) is 3.79. The van der Waals surface area contributed by atoms with E-state index in [4.69, 9.17) is 17.3 Å². The summed E-state index contributed by atoms with van der Waals surface area (Å²) >= 11 is 6.02. The lowest BCUT2D eigenvalue weighted by atomic mass is 9.93. The number of halogens is 1. The van der Waals surface area contributed by atoms with Crippen LogP contribution < -0.4 is 10.5 Å². The van der Waals surface area contributed by atoms with Crippen LogP contribution in [0.15, 0.2) is 23.1 Å². The van der Waals surface area contributed by atoms with Crippen molar-refractivity contribution in [1.82, 2.24) is 4.72 Å². The molecule has 1 aliphatic rings. The highest BCUT2D eigenvalue weighted by Crippen LogP contribution is 2.51. The molecule has 6 heteroatoms. The first kappa shape index (κ1) is 15.8. The Morgan fingerprint density at radius 3 is 2.50 bits per heavy atom. The summed E-state index contributed by atoms with van der Waals surface area (Å²) in [6, 6.07) is 4.67. The van der Waals surface area contributed by atoms with Gasteiger partial charge in [0.25, 0.3) is 0 Å². The predicted octanol–water partition coefficient (Wildman–Crippen LogP) is 2.51. The lowest BCUT2D eigenvalue weighted by Gasteiger charge is -2.20. The zero-order chi connectivity index (χ0) is 15.0. The van der Waals surface area contributed by atoms with E-state index in [2.05, 4.69) is 18.6 Å². The lowest BCUT2D eigenvalue weighted by Crippen LogP contribution is -2.32. The number of benzene rings is 1. The van der Waals surface area contributed by atoms with Gasteiger partial charge in [0.2, 0.25) is 10.0 Å². The van der Waals surface area contributed by atoms with E-state index in [-0.39, 0.29) is 10.3 Å². The van der Waals surface area contributed by atoms with E-state index in [9.17, 15) is 8.42 Å². The van der Waals surface area contributed by atoms with Gasteiger partial charge in [0.05, 0.1) is 4.90 Å². The van der Waals surface area contributed by atoms with E-state index in [0.29, 0.717) is 24.0 Å². The minimum absolute atomic E-state index is 0.133. The van der Waals surface area contributed by atoms with Crippen LogP contribution in [0.3, 0.4) is 0 Å². The van der Waals surface area contributed by atoms with Gasteiger partial charge in [-0.15, -0.1) is 0 Å². The molecule has 0 atom stereocenters. The third kappa shape index (κ3) is 3.17. The van der Waals surface area contributed by atoms with Crippen LogP contribution in [0, 0.1) is 11.3 Å². The van der Waals surface area contributed by atoms with Crippen LogP contribution >= 0.6 is 11.6 Å². The summed E-state index contributed by atoms with van der Waals surface area (Å²) in [7, 11) is -3.51. The maximum absolute atomic E-state index is 12.3. The van der Waals surface area contributed by atoms with Gasteiger partial charge in [-0.3, -0.25) is 0 Å². The quantitative estimate of drug-likeness (QED) is 0.847. The first-order chi connectivity index (χ1) is 9.31. The molecule has 1 aliphatic carbocycles. The van der Waals surface area contributed by atoms with Gasteiger partial charge in [-0.25, -0.2) is 13.1 Å². The Morgan fingerprint density at radius 2 is 2.05 bits per heavy atom. The highest BCUT2D eigenvalue weighted by Gasteiger charge is 2.45. The standard InChI is InChI=1S/C14H21ClN2O2S/c1-10(2)14(5-6-14)9-17-20(18,19)12-4-3-11(8-16)13(15)7-12/h3-4,7,10,17H,5-6,8-9,16H2,1-2H3. The lowest BCUT2D eigenvalue weighted by molar-refractivity contribution is 0.357. The SMILES string of the molecule is CC(C)C1(CNS(=O)(=O)c2ccc(CN)c(Cl)c2)CC1. The van der Waals surface area contributed by atoms with Gasteiger partial charge >= 0.3 is 0 Å². The number of rotatable bonds is 6. The van der Waals surface area contributed by atoms with Gasteiger partial charge in [0, 0.05) is 18.1 Å². The summed E-state index contributed by atoms with van der Waals surface area (Å²) in [5.74, 6) is 0.480. The van der Waals surface area contributed by atoms with Crippen LogP contribution in [-0.4, -0.2) is 15.0 Å². The monoisotopic (exact) mass is 316 g/mol. The summed E-state index contributed by atoms with van der Waals surface area (Å²) in [4.78, 5) is 0.194. The van der Waals surface area contributed by atoms with Crippen LogP contribution in [0.2, 0.25) is 5.02 Å². The van der Waals surface area contributed by atoms with Crippen molar-refractivity contribution in [3.8, 4) is 0 Å². The van der Waals surface area contributed by atoms with Crippen molar-refractivity contribution in [2.75, 3.05) is 6.54 Å². The summed E-state index contributed by atoms with van der Waals surface area (Å²) in [5, 5.41) is 0.389. The third-order valence-electron chi connectivity index (χ3n) is 4.29. The van der Waals surface area contributed by atoms with Gasteiger partial charge in [0.1, 0.15) is 0 Å². The normalized spacial score (nSPS) is 17.4. The molecule has 0 heterocycles. The van der Waals surface area contributed by atoms with E-state index in [0.717, 1.165) is 18.4 Å². The van der Waals surface area contributed by atoms with Gasteiger partial charge in [0.15, 0.2) is 0 Å². The summed E-state index contributed by atoms with van der Waals surface area (Å²) in [6.45, 7) is 5.05. The first-order valence-electron chi connectivity index (χ1n) is 6.79. The number of hydrogen-bond donors (Lipinski definition) is 2. The molecule has 1 saturated carbocycles. The first-order valence-corrected chi connectivity index (χ1v) is 8.65. The van der Waals surface area contributed by atoms with E-state index in [1.54, 1.807) is 12.1 Å². The van der Waals surface area contributed by atoms with Crippen molar-refractivity contribution in [2.45, 2.75) is 38.1 Å². The van der Waals surface area contributed by atoms with Crippen molar-refractivity contribution >= 4 is 21.6 Å². The molecule has 0 spiro atoms. The molecule has 1 aromatic carbocycles. The van der Waals surface area contributed by atoms with E-state index >= 15 is 0 Å². The Kier molecular flexibility index (Phi) is 4.44. The Hall–Kier alpha value is -0.620. The highest BCUT2D eigenvalue weighted by atomic mass is 35.5. The molecule has 0 amide bonds. The van der Waals surface area contributed by atoms with Crippen molar-refractivity contribution < 1.29 is 8.42 Å². The molecule has 0 radical (unpaired) electrons. The summed E-state index contributed by atoms with van der Waals surface area (Å²) in [6.07, 6.45) is 2.17. The number of nitrogens with one attached hydrogen (secondary N) is 1. The maximum Gasteiger partial charge on any atom is 0.240 e. The van der Waals surface area contributed by atoms with Crippen LogP contribution in [0.25, 0.3) is 0 Å². The summed E-state index contributed by atoms with van der Waals surface area (Å²) in [5.41, 5.74) is 6.39. The average Bonchev–Trinajstić information content (AvgIpc) is 3.17. The molecule has 1 aromatic rings. The van der Waals surface area contributed by atoms with Crippen LogP contribution in [0.1, 0.15) is 32.3 Å². The molecule has 0 saturated heterocycles. The average molecular weight is 317 g/mol. The molecule has 4 nitrogen and oxygen atoms in total. The maximum atomic E-state index is 12.3. The second-order valence-corrected chi connectivity index (χ2v) is 7.97. The molecular formula is C14H21ClN2O2S. The Bertz CT molecular complexity index is 595. The van der Waals surface area contributed by atoms with Crippen molar-refractivity contribution in [2.24, 2.45) is 17.1 Å². The molecule has 0 aliphatic heterocycles. The topological polar surface area (TPSA) is 72.2 Å². The fourth-order valence-electron chi connectivity index (χ4n) is 2.30. The van der Waals surface area contributed by atoms with Crippen molar-refractivity contribution in [1.29, 1.82) is 0 Å². The Morgan fingerprint density at radius 1 is 1.40 bits per heavy atom. The second-order valence-electron chi connectivity index (χ2n) is 5.80. The zero-order valence-corrected chi connectivity index (χ0v) is 13.4. The van der Waals surface area contributed by atoms with Crippen LogP contribution in [0.5, 0.6) is 0 Å². The molecule has 0 bridgehead atoms. The Balaban J connectivity index is 2.13. The van der Waals surface area contributed by atoms with E-state index in [1.807, 2.05) is 0 Å². The number of sulfonamides is 1. The van der Waals surface area contributed by atoms with Gasteiger partial charge in [-0.2, -0.15) is 0 Å². The van der Waals surface area contributed by atoms with Crippen LogP contribution in [-0.2, 0) is 16.6 Å². The molecule has 1 fully saturated rings. The molecule has 3 N–H and O–H groups in total. The molecule has 0 aromatic heterocycles. The molecule has 0 unspecified atom stereocenters. The number of nitrogens with two attached hydrogens (primary N) is 1. The largest absolute Gasteiger partial charge is 0.326 e. The molecule has 20 heavy (non-hydrogen) atoms. The molecule has 2 rings (SSSR count). The van der Waals surface area contributed by atoms with E-state index < -0.39 is 10.0 Å². The minimum atomic E-state index is -3.51. The van der Waals surface area contributed by atoms with Gasteiger partial charge in [-0.05, 0) is 41.9 Å². The second kappa shape index (κ2) is 5.64.